The van der Waals surface area contributed by atoms with Gasteiger partial charge in [0.1, 0.15) is 11.9 Å². The van der Waals surface area contributed by atoms with Crippen molar-refractivity contribution < 1.29 is 14.6 Å². The number of benzene rings is 1. The Kier molecular flexibility index (Phi) is 2.32. The number of hydrogen-bond acceptors (Lipinski definition) is 3. The molecule has 0 bridgehead atoms. The van der Waals surface area contributed by atoms with Gasteiger partial charge in [0.2, 0.25) is 0 Å². The van der Waals surface area contributed by atoms with Crippen LogP contribution in [0.4, 0.5) is 0 Å². The first-order valence-electron chi connectivity index (χ1n) is 5.81. The molecule has 1 N–H and O–H groups in total. The zero-order chi connectivity index (χ0) is 11.8. The summed E-state index contributed by atoms with van der Waals surface area (Å²) in [5.41, 5.74) is 1.02. The Morgan fingerprint density at radius 3 is 2.94 bits per heavy atom. The monoisotopic (exact) mass is 230 g/mol. The molecule has 0 aromatic heterocycles. The van der Waals surface area contributed by atoms with E-state index in [1.54, 1.807) is 12.1 Å². The molecule has 0 spiro atoms. The molecule has 0 amide bonds. The molecule has 1 aromatic rings. The van der Waals surface area contributed by atoms with Crippen LogP contribution in [0.25, 0.3) is 0 Å². The second-order valence-corrected chi connectivity index (χ2v) is 4.17. The van der Waals surface area contributed by atoms with Crippen molar-refractivity contribution in [3.05, 3.63) is 42.0 Å². The van der Waals surface area contributed by atoms with Gasteiger partial charge in [0.05, 0.1) is 6.61 Å². The highest BCUT2D eigenvalue weighted by atomic mass is 16.5. The third-order valence-electron chi connectivity index (χ3n) is 3.10. The topological polar surface area (TPSA) is 38.7 Å². The number of phenolic OH excluding ortho intramolecular Hbond substituents is 1. The molecule has 0 saturated heterocycles. The molecule has 1 heterocycles. The van der Waals surface area contributed by atoms with E-state index in [2.05, 4.69) is 6.08 Å². The van der Waals surface area contributed by atoms with Gasteiger partial charge in [-0.05, 0) is 19.1 Å². The van der Waals surface area contributed by atoms with Crippen molar-refractivity contribution in [2.75, 3.05) is 6.61 Å². The summed E-state index contributed by atoms with van der Waals surface area (Å²) >= 11 is 0. The van der Waals surface area contributed by atoms with E-state index in [-0.39, 0.29) is 17.8 Å². The van der Waals surface area contributed by atoms with Crippen LogP contribution in [-0.4, -0.2) is 17.8 Å². The molecule has 0 fully saturated rings. The number of rotatable bonds is 2. The van der Waals surface area contributed by atoms with Crippen molar-refractivity contribution in [1.29, 1.82) is 0 Å². The van der Waals surface area contributed by atoms with Gasteiger partial charge >= 0.3 is 0 Å². The van der Waals surface area contributed by atoms with Gasteiger partial charge in [0.25, 0.3) is 0 Å². The number of fused-ring (bicyclic) bond motifs is 3. The fraction of sp³-hybridized carbons (Fsp3) is 0.286. The first kappa shape index (κ1) is 10.3. The predicted molar refractivity (Wildman–Crippen MR) is 64.7 cm³/mol. The van der Waals surface area contributed by atoms with Crippen molar-refractivity contribution in [1.82, 2.24) is 0 Å². The zero-order valence-corrected chi connectivity index (χ0v) is 9.59. The lowest BCUT2D eigenvalue weighted by atomic mass is 9.92. The van der Waals surface area contributed by atoms with Crippen LogP contribution in [0.1, 0.15) is 18.4 Å². The summed E-state index contributed by atoms with van der Waals surface area (Å²) in [6, 6.07) is 3.52. The standard InChI is InChI=1S/C14H14O3/c1-2-16-14-8-13-10(7-11(14)15)9-5-3-4-6-12(9)17-13/h3-9,12,15H,2H2,1H3/t9-,12-/m0/s1. The van der Waals surface area contributed by atoms with Gasteiger partial charge in [0, 0.05) is 17.5 Å². The minimum absolute atomic E-state index is 0.0475. The highest BCUT2D eigenvalue weighted by molar-refractivity contribution is 5.55. The first-order chi connectivity index (χ1) is 8.29. The fourth-order valence-electron chi connectivity index (χ4n) is 2.33. The summed E-state index contributed by atoms with van der Waals surface area (Å²) in [5.74, 6) is 1.67. The van der Waals surface area contributed by atoms with E-state index >= 15 is 0 Å². The lowest BCUT2D eigenvalue weighted by Gasteiger charge is -2.13. The molecule has 3 nitrogen and oxygen atoms in total. The molecule has 17 heavy (non-hydrogen) atoms. The summed E-state index contributed by atoms with van der Waals surface area (Å²) in [7, 11) is 0. The Morgan fingerprint density at radius 1 is 1.29 bits per heavy atom. The normalized spacial score (nSPS) is 24.1. The third kappa shape index (κ3) is 1.58. The molecule has 88 valence electrons. The van der Waals surface area contributed by atoms with E-state index < -0.39 is 0 Å². The van der Waals surface area contributed by atoms with E-state index in [9.17, 15) is 5.11 Å². The molecule has 0 unspecified atom stereocenters. The quantitative estimate of drug-likeness (QED) is 0.849. The second kappa shape index (κ2) is 3.84. The fourth-order valence-corrected chi connectivity index (χ4v) is 2.33. The van der Waals surface area contributed by atoms with Crippen LogP contribution in [0, 0.1) is 0 Å². The van der Waals surface area contributed by atoms with Crippen molar-refractivity contribution in [3.8, 4) is 17.2 Å². The van der Waals surface area contributed by atoms with E-state index in [1.165, 1.54) is 0 Å². The molecular weight excluding hydrogens is 216 g/mol. The highest BCUT2D eigenvalue weighted by Gasteiger charge is 2.33. The van der Waals surface area contributed by atoms with Crippen LogP contribution in [0.5, 0.6) is 17.2 Å². The Labute approximate surface area is 100.0 Å². The molecular formula is C14H14O3. The molecule has 1 aliphatic heterocycles. The Bertz CT molecular complexity index is 502. The van der Waals surface area contributed by atoms with Gasteiger partial charge < -0.3 is 14.6 Å². The van der Waals surface area contributed by atoms with E-state index in [0.29, 0.717) is 12.4 Å². The molecule has 2 aliphatic rings. The Balaban J connectivity index is 2.02. The average Bonchev–Trinajstić information content (AvgIpc) is 2.68. The number of ether oxygens (including phenoxy) is 2. The summed E-state index contributed by atoms with van der Waals surface area (Å²) in [6.07, 6.45) is 8.16. The summed E-state index contributed by atoms with van der Waals surface area (Å²) in [4.78, 5) is 0. The van der Waals surface area contributed by atoms with Gasteiger partial charge in [-0.3, -0.25) is 0 Å². The van der Waals surface area contributed by atoms with Crippen molar-refractivity contribution >= 4 is 0 Å². The van der Waals surface area contributed by atoms with Crippen molar-refractivity contribution in [3.63, 3.8) is 0 Å². The summed E-state index contributed by atoms with van der Waals surface area (Å²) in [5, 5.41) is 9.87. The van der Waals surface area contributed by atoms with Crippen molar-refractivity contribution in [2.45, 2.75) is 18.9 Å². The smallest absolute Gasteiger partial charge is 0.164 e. The lowest BCUT2D eigenvalue weighted by molar-refractivity contribution is 0.266. The zero-order valence-electron chi connectivity index (χ0n) is 9.59. The first-order valence-corrected chi connectivity index (χ1v) is 5.81. The lowest BCUT2D eigenvalue weighted by Crippen LogP contribution is -2.15. The van der Waals surface area contributed by atoms with E-state index in [4.69, 9.17) is 9.47 Å². The van der Waals surface area contributed by atoms with Gasteiger partial charge in [-0.25, -0.2) is 0 Å². The molecule has 1 aromatic carbocycles. The molecule has 3 heteroatoms. The molecule has 1 aliphatic carbocycles. The van der Waals surface area contributed by atoms with E-state index in [0.717, 1.165) is 11.3 Å². The molecule has 2 atom stereocenters. The van der Waals surface area contributed by atoms with Crippen molar-refractivity contribution in [2.24, 2.45) is 0 Å². The van der Waals surface area contributed by atoms with Crippen LogP contribution < -0.4 is 9.47 Å². The average molecular weight is 230 g/mol. The second-order valence-electron chi connectivity index (χ2n) is 4.17. The minimum Gasteiger partial charge on any atom is -0.504 e. The maximum Gasteiger partial charge on any atom is 0.164 e. The number of phenols is 1. The predicted octanol–water partition coefficient (Wildman–Crippen LogP) is 2.76. The van der Waals surface area contributed by atoms with E-state index in [1.807, 2.05) is 25.2 Å². The van der Waals surface area contributed by atoms with Gasteiger partial charge in [-0.1, -0.05) is 18.2 Å². The largest absolute Gasteiger partial charge is 0.504 e. The molecule has 3 rings (SSSR count). The van der Waals surface area contributed by atoms with Crippen LogP contribution in [0.3, 0.4) is 0 Å². The Morgan fingerprint density at radius 2 is 2.12 bits per heavy atom. The number of hydrogen-bond donors (Lipinski definition) is 1. The maximum atomic E-state index is 9.87. The van der Waals surface area contributed by atoms with Crippen LogP contribution in [-0.2, 0) is 0 Å². The highest BCUT2D eigenvalue weighted by Crippen LogP contribution is 2.46. The van der Waals surface area contributed by atoms with Gasteiger partial charge in [-0.2, -0.15) is 0 Å². The summed E-state index contributed by atoms with van der Waals surface area (Å²) in [6.45, 7) is 2.41. The number of allylic oxidation sites excluding steroid dienone is 2. The van der Waals surface area contributed by atoms with Gasteiger partial charge in [0.15, 0.2) is 11.5 Å². The Hall–Kier alpha value is -1.90. The van der Waals surface area contributed by atoms with Crippen LogP contribution in [0.15, 0.2) is 36.4 Å². The van der Waals surface area contributed by atoms with Gasteiger partial charge in [-0.15, -0.1) is 0 Å². The molecule has 0 saturated carbocycles. The van der Waals surface area contributed by atoms with Crippen LogP contribution in [0.2, 0.25) is 0 Å². The SMILES string of the molecule is CCOc1cc2c(cc1O)[C@@H]1C=CC=C[C@@H]1O2. The summed E-state index contributed by atoms with van der Waals surface area (Å²) < 4.78 is 11.2. The third-order valence-corrected chi connectivity index (χ3v) is 3.10. The minimum atomic E-state index is 0.0475. The maximum absolute atomic E-state index is 9.87. The number of aromatic hydroxyl groups is 1. The van der Waals surface area contributed by atoms with Crippen LogP contribution >= 0.6 is 0 Å². The molecule has 0 radical (unpaired) electrons.